The van der Waals surface area contributed by atoms with Gasteiger partial charge in [-0.3, -0.25) is 0 Å². The fourth-order valence-corrected chi connectivity index (χ4v) is 2.10. The maximum absolute atomic E-state index is 10.5. The molecule has 3 N–H and O–H groups in total. The predicted octanol–water partition coefficient (Wildman–Crippen LogP) is 0.0819. The maximum Gasteiger partial charge on any atom is 0.122 e. The topological polar surface area (TPSA) is 72.5 Å². The zero-order chi connectivity index (χ0) is 10.7. The van der Waals surface area contributed by atoms with Crippen LogP contribution in [-0.4, -0.2) is 36.8 Å². The van der Waals surface area contributed by atoms with Crippen molar-refractivity contribution in [2.45, 2.75) is 31.8 Å². The number of hydrogen-bond acceptors (Lipinski definition) is 4. The van der Waals surface area contributed by atoms with Crippen molar-refractivity contribution in [1.82, 2.24) is 0 Å². The minimum Gasteiger partial charge on any atom is -0.389 e. The van der Waals surface area contributed by atoms with E-state index in [0.717, 1.165) is 19.1 Å². The van der Waals surface area contributed by atoms with E-state index in [2.05, 4.69) is 0 Å². The summed E-state index contributed by atoms with van der Waals surface area (Å²) in [6.07, 6.45) is 2.35. The van der Waals surface area contributed by atoms with E-state index in [-0.39, 0.29) is 11.8 Å². The summed E-state index contributed by atoms with van der Waals surface area (Å²) in [7, 11) is 0. The van der Waals surface area contributed by atoms with E-state index < -0.39 is 5.60 Å². The van der Waals surface area contributed by atoms with Crippen LogP contribution in [-0.2, 0) is 9.53 Å². The highest BCUT2D eigenvalue weighted by Crippen LogP contribution is 2.41. The monoisotopic (exact) mass is 201 g/mol. The van der Waals surface area contributed by atoms with Crippen molar-refractivity contribution in [2.75, 3.05) is 19.8 Å². The molecule has 0 aromatic carbocycles. The third kappa shape index (κ3) is 1.97. The highest BCUT2D eigenvalue weighted by molar-refractivity contribution is 5.51. The summed E-state index contributed by atoms with van der Waals surface area (Å²) < 4.78 is 5.24. The minimum atomic E-state index is -1.01. The van der Waals surface area contributed by atoms with Gasteiger partial charge < -0.3 is 20.4 Å². The molecule has 0 spiro atoms. The number of carbonyl (C=O) groups is 1. The second-order valence-electron chi connectivity index (χ2n) is 4.24. The van der Waals surface area contributed by atoms with E-state index in [1.54, 1.807) is 6.92 Å². The van der Waals surface area contributed by atoms with Crippen LogP contribution in [0.5, 0.6) is 0 Å². The lowest BCUT2D eigenvalue weighted by Crippen LogP contribution is -2.53. The van der Waals surface area contributed by atoms with Gasteiger partial charge in [-0.15, -0.1) is 0 Å². The molecule has 0 radical (unpaired) electrons. The van der Waals surface area contributed by atoms with Crippen LogP contribution >= 0.6 is 0 Å². The second-order valence-corrected chi connectivity index (χ2v) is 4.24. The normalized spacial score (nSPS) is 25.4. The molecule has 1 unspecified atom stereocenters. The molecule has 1 saturated heterocycles. The molecule has 0 aliphatic carbocycles. The molecule has 0 aromatic heterocycles. The fourth-order valence-electron chi connectivity index (χ4n) is 2.10. The molecule has 1 fully saturated rings. The van der Waals surface area contributed by atoms with Crippen LogP contribution in [0.1, 0.15) is 26.2 Å². The average molecular weight is 201 g/mol. The molecule has 0 saturated carbocycles. The second kappa shape index (κ2) is 4.38. The Hall–Kier alpha value is -0.450. The first kappa shape index (κ1) is 11.6. The Morgan fingerprint density at radius 2 is 2.14 bits per heavy atom. The molecular weight excluding hydrogens is 182 g/mol. The lowest BCUT2D eigenvalue weighted by atomic mass is 9.66. The molecule has 4 heteroatoms. The number of rotatable bonds is 4. The third-order valence-corrected chi connectivity index (χ3v) is 3.46. The SMILES string of the molecule is CC(O)(CC=O)C1(CN)CCOCC1. The number of aliphatic hydroxyl groups is 1. The Labute approximate surface area is 84.4 Å². The van der Waals surface area contributed by atoms with Gasteiger partial charge in [-0.2, -0.15) is 0 Å². The van der Waals surface area contributed by atoms with E-state index in [1.165, 1.54) is 0 Å². The summed E-state index contributed by atoms with van der Waals surface area (Å²) in [5, 5.41) is 10.2. The first-order valence-corrected chi connectivity index (χ1v) is 5.02. The minimum absolute atomic E-state index is 0.143. The number of carbonyl (C=O) groups excluding carboxylic acids is 1. The van der Waals surface area contributed by atoms with Crippen molar-refractivity contribution in [3.63, 3.8) is 0 Å². The van der Waals surface area contributed by atoms with Gasteiger partial charge in [0.1, 0.15) is 6.29 Å². The van der Waals surface area contributed by atoms with Crippen molar-refractivity contribution >= 4 is 6.29 Å². The summed E-state index contributed by atoms with van der Waals surface area (Å²) in [5.74, 6) is 0. The van der Waals surface area contributed by atoms with Crippen LogP contribution in [0.3, 0.4) is 0 Å². The lowest BCUT2D eigenvalue weighted by molar-refractivity contribution is -0.134. The molecule has 0 bridgehead atoms. The lowest BCUT2D eigenvalue weighted by Gasteiger charge is -2.46. The summed E-state index contributed by atoms with van der Waals surface area (Å²) in [5.41, 5.74) is 4.36. The van der Waals surface area contributed by atoms with E-state index in [9.17, 15) is 9.90 Å². The molecule has 0 aromatic rings. The maximum atomic E-state index is 10.5. The van der Waals surface area contributed by atoms with Crippen LogP contribution in [0.15, 0.2) is 0 Å². The van der Waals surface area contributed by atoms with Crippen molar-refractivity contribution in [3.05, 3.63) is 0 Å². The van der Waals surface area contributed by atoms with Gasteiger partial charge in [0.15, 0.2) is 0 Å². The van der Waals surface area contributed by atoms with E-state index >= 15 is 0 Å². The quantitative estimate of drug-likeness (QED) is 0.632. The number of nitrogens with two attached hydrogens (primary N) is 1. The van der Waals surface area contributed by atoms with Crippen LogP contribution in [0.2, 0.25) is 0 Å². The van der Waals surface area contributed by atoms with E-state index in [0.29, 0.717) is 19.8 Å². The highest BCUT2D eigenvalue weighted by Gasteiger charge is 2.46. The zero-order valence-electron chi connectivity index (χ0n) is 8.66. The molecule has 1 heterocycles. The zero-order valence-corrected chi connectivity index (χ0v) is 8.66. The Morgan fingerprint density at radius 1 is 1.57 bits per heavy atom. The van der Waals surface area contributed by atoms with Crippen LogP contribution in [0, 0.1) is 5.41 Å². The van der Waals surface area contributed by atoms with Crippen LogP contribution in [0.4, 0.5) is 0 Å². The Morgan fingerprint density at radius 3 is 2.57 bits per heavy atom. The summed E-state index contributed by atoms with van der Waals surface area (Å²) in [4.78, 5) is 10.5. The smallest absolute Gasteiger partial charge is 0.122 e. The van der Waals surface area contributed by atoms with Crippen LogP contribution in [0.25, 0.3) is 0 Å². The largest absolute Gasteiger partial charge is 0.389 e. The van der Waals surface area contributed by atoms with Crippen molar-refractivity contribution in [2.24, 2.45) is 11.1 Å². The van der Waals surface area contributed by atoms with Crippen LogP contribution < -0.4 is 5.73 Å². The molecule has 1 rings (SSSR count). The third-order valence-electron chi connectivity index (χ3n) is 3.46. The first-order valence-electron chi connectivity index (χ1n) is 5.02. The predicted molar refractivity (Wildman–Crippen MR) is 52.8 cm³/mol. The summed E-state index contributed by atoms with van der Waals surface area (Å²) >= 11 is 0. The molecule has 82 valence electrons. The first-order chi connectivity index (χ1) is 6.58. The van der Waals surface area contributed by atoms with Crippen molar-refractivity contribution in [3.8, 4) is 0 Å². The summed E-state index contributed by atoms with van der Waals surface area (Å²) in [6.45, 7) is 3.33. The van der Waals surface area contributed by atoms with Gasteiger partial charge in [-0.05, 0) is 19.8 Å². The molecule has 1 aliphatic rings. The molecular formula is C10H19NO3. The molecule has 1 aliphatic heterocycles. The van der Waals surface area contributed by atoms with Gasteiger partial charge in [0.25, 0.3) is 0 Å². The van der Waals surface area contributed by atoms with Crippen molar-refractivity contribution in [1.29, 1.82) is 0 Å². The molecule has 4 nitrogen and oxygen atoms in total. The Balaban J connectivity index is 2.80. The van der Waals surface area contributed by atoms with Crippen molar-refractivity contribution < 1.29 is 14.6 Å². The Kier molecular flexibility index (Phi) is 3.64. The molecule has 1 atom stereocenters. The van der Waals surface area contributed by atoms with Gasteiger partial charge in [0.05, 0.1) is 5.60 Å². The molecule has 0 amide bonds. The highest BCUT2D eigenvalue weighted by atomic mass is 16.5. The Bertz CT molecular complexity index is 198. The standard InChI is InChI=1S/C10H19NO3/c1-9(13,2-5-12)10(8-11)3-6-14-7-4-10/h5,13H,2-4,6-8,11H2,1H3. The van der Waals surface area contributed by atoms with E-state index in [4.69, 9.17) is 10.5 Å². The van der Waals surface area contributed by atoms with Gasteiger partial charge in [0.2, 0.25) is 0 Å². The van der Waals surface area contributed by atoms with E-state index in [1.807, 2.05) is 0 Å². The number of hydrogen-bond donors (Lipinski definition) is 2. The number of ether oxygens (including phenoxy) is 1. The summed E-state index contributed by atoms with van der Waals surface area (Å²) in [6, 6.07) is 0. The van der Waals surface area contributed by atoms with Gasteiger partial charge in [0, 0.05) is 31.6 Å². The number of aldehydes is 1. The van der Waals surface area contributed by atoms with Gasteiger partial charge >= 0.3 is 0 Å². The van der Waals surface area contributed by atoms with Gasteiger partial charge in [-0.25, -0.2) is 0 Å². The fraction of sp³-hybridized carbons (Fsp3) is 0.900. The van der Waals surface area contributed by atoms with Gasteiger partial charge in [-0.1, -0.05) is 0 Å². The average Bonchev–Trinajstić information content (AvgIpc) is 2.18. The molecule has 14 heavy (non-hydrogen) atoms.